The molecule has 5 saturated heterocycles. The summed E-state index contributed by atoms with van der Waals surface area (Å²) in [5.74, 6) is -1.06. The molecule has 6 aliphatic heterocycles. The quantitative estimate of drug-likeness (QED) is 0.0140. The van der Waals surface area contributed by atoms with Gasteiger partial charge in [-0.2, -0.15) is 0 Å². The number of hydrogen-bond donors (Lipinski definition) is 10. The summed E-state index contributed by atoms with van der Waals surface area (Å²) in [4.78, 5) is 156. The van der Waals surface area contributed by atoms with Gasteiger partial charge in [-0.05, 0) is 235 Å². The summed E-state index contributed by atoms with van der Waals surface area (Å²) in [6.07, 6.45) is 16.4. The average molecular weight is 2060 g/mol. The summed E-state index contributed by atoms with van der Waals surface area (Å²) in [6.45, 7) is 57.7. The van der Waals surface area contributed by atoms with Gasteiger partial charge in [0, 0.05) is 58.4 Å². The number of likely N-dealkylation sites (tertiary alicyclic amines) is 3. The molecule has 3 aromatic rings. The van der Waals surface area contributed by atoms with E-state index in [1.165, 1.54) is 9.80 Å². The third-order valence-electron chi connectivity index (χ3n) is 21.7. The average Bonchev–Trinajstić information content (AvgIpc) is 1.66. The second-order valence-corrected chi connectivity index (χ2v) is 42.7. The Balaban J connectivity index is 0.000000609. The predicted octanol–water partition coefficient (Wildman–Crippen LogP) is 12.0. The summed E-state index contributed by atoms with van der Waals surface area (Å²) in [7, 11) is 0. The summed E-state index contributed by atoms with van der Waals surface area (Å²) >= 11 is 0. The molecule has 7 unspecified atom stereocenters. The Morgan fingerprint density at radius 1 is 0.497 bits per heavy atom. The third-order valence-corrected chi connectivity index (χ3v) is 21.7. The van der Waals surface area contributed by atoms with Crippen LogP contribution in [-0.2, 0) is 81.6 Å². The third kappa shape index (κ3) is 60.6. The van der Waals surface area contributed by atoms with E-state index in [1.807, 2.05) is 249 Å². The van der Waals surface area contributed by atoms with Crippen molar-refractivity contribution < 1.29 is 128 Å². The van der Waals surface area contributed by atoms with Crippen LogP contribution in [0.25, 0.3) is 0 Å². The number of aliphatic hydroxyl groups is 2. The molecule has 36 nitrogen and oxygen atoms in total. The Kier molecular flexibility index (Phi) is 60.7. The molecule has 9 rings (SSSR count). The monoisotopic (exact) mass is 2060 g/mol. The molecule has 37 heteroatoms. The van der Waals surface area contributed by atoms with E-state index in [0.717, 1.165) is 101 Å². The van der Waals surface area contributed by atoms with Crippen molar-refractivity contribution in [3.63, 3.8) is 0 Å². The number of Topliss-reactive ketones (excluding diaryl/α,β-unsaturated/α-hetero) is 1. The normalized spacial score (nSPS) is 18.9. The van der Waals surface area contributed by atoms with Gasteiger partial charge in [-0.3, -0.25) is 19.2 Å². The molecule has 0 radical (unpaired) electrons. The summed E-state index contributed by atoms with van der Waals surface area (Å²) < 4.78 is 47.4. The number of rotatable bonds is 28. The number of alkyl carbamates (subject to hydrolysis) is 4. The van der Waals surface area contributed by atoms with E-state index in [-0.39, 0.29) is 123 Å². The van der Waals surface area contributed by atoms with Crippen molar-refractivity contribution in [3.05, 3.63) is 158 Å². The number of amides is 11. The molecule has 6 heterocycles. The zero-order valence-corrected chi connectivity index (χ0v) is 91.1. The standard InChI is InChI=1S/C34H46N4O7.C20H31N3O4.C13H23NO2.C11H22N2O3.C11H19NO3.C11H19NO2.C8H15NO2.ClH/c1-23(2)18-28(36-33(42)44-21-25-12-7-5-8-13-25)31(40)35-27-16-11-17-38(20-30(27)39)32(41)29(19-24(3)4)37-34(43)45-22-26-14-9-6-10-15-26;1-14(2)11-17(19(25)22-16-9-6-10-21-12-18(16)24)23-20(26)27-13-15-7-4-3-5-8-15;1-6-8-9-11-14(10-7-2)12(15)16-13(3,4)5;1-11(2,3)16-10(15)13-6-4-5-8(12)9(14)7-13;1-11(2,3)15-10(13)12-6-4-5-8-9(7-12)14-8;1-11(2,3)14-10(13)12-8-6-4-5-7-9-12;1-5-6-9-7(10)11-8(2,3)4;/h5-10,12-15,23-24,27-29H,11,16-22H2,1-4H3,(H,35,40)(H,36,42)(H,37,43);3-5,7-8,14,16-18,21,24H,6,9-13H2,1-2H3,(H,22,25)(H,23,26);6-7H,1-2,8-11H2,3-5H3;8-9,14H,4-7,12H2,1-3H3;8-9H,4-7H2,1-3H3;4,6H,5,7-9H2,1-3H3;5H,1,6H2,2-4H3,(H,9,10);1H/t27?,28-,29-;16?,17-,18?;;;;;;/m00....../s1. The van der Waals surface area contributed by atoms with Crippen LogP contribution in [0, 0.1) is 17.8 Å². The summed E-state index contributed by atoms with van der Waals surface area (Å²) in [6, 6.07) is 24.0. The first kappa shape index (κ1) is 130. The van der Waals surface area contributed by atoms with Crippen LogP contribution in [0.2, 0.25) is 0 Å². The first-order chi connectivity index (χ1) is 67.6. The van der Waals surface area contributed by atoms with E-state index in [0.29, 0.717) is 90.6 Å². The van der Waals surface area contributed by atoms with Gasteiger partial charge in [0.05, 0.1) is 50.5 Å². The number of halogens is 1. The maximum Gasteiger partial charge on any atom is 0.410 e. The molecule has 11 amide bonds. The molecular weight excluding hydrogens is 1880 g/mol. The highest BCUT2D eigenvalue weighted by Gasteiger charge is 2.44. The largest absolute Gasteiger partial charge is 1.00 e. The number of ether oxygens (including phenoxy) is 9. The van der Waals surface area contributed by atoms with E-state index in [2.05, 4.69) is 63.0 Å². The number of epoxide rings is 1. The van der Waals surface area contributed by atoms with Crippen molar-refractivity contribution in [1.29, 1.82) is 0 Å². The highest BCUT2D eigenvalue weighted by atomic mass is 35.5. The van der Waals surface area contributed by atoms with Gasteiger partial charge < -0.3 is 133 Å². The van der Waals surface area contributed by atoms with Crippen molar-refractivity contribution in [2.75, 3.05) is 85.1 Å². The topological polar surface area (TPSA) is 463 Å². The van der Waals surface area contributed by atoms with Crippen molar-refractivity contribution in [1.82, 2.24) is 56.4 Å². The van der Waals surface area contributed by atoms with Crippen LogP contribution >= 0.6 is 0 Å². The lowest BCUT2D eigenvalue weighted by molar-refractivity contribution is -0.658. The number of allylic oxidation sites excluding steroid dienone is 2. The van der Waals surface area contributed by atoms with E-state index in [9.17, 15) is 67.7 Å². The first-order valence-corrected chi connectivity index (χ1v) is 50.9. The molecule has 0 spiro atoms. The molecule has 145 heavy (non-hydrogen) atoms. The number of ketones is 1. The minimum Gasteiger partial charge on any atom is -1.00 e. The Hall–Kier alpha value is -11.1. The Bertz CT molecular complexity index is 4390. The van der Waals surface area contributed by atoms with Crippen LogP contribution in [0.3, 0.4) is 0 Å². The minimum atomic E-state index is -0.899. The number of hydrogen-bond acceptors (Lipinski definition) is 24. The maximum atomic E-state index is 13.5. The Morgan fingerprint density at radius 2 is 0.931 bits per heavy atom. The molecule has 10 atom stereocenters. The second-order valence-electron chi connectivity index (χ2n) is 42.7. The van der Waals surface area contributed by atoms with Crippen LogP contribution in [0.15, 0.2) is 141 Å². The van der Waals surface area contributed by atoms with Gasteiger partial charge in [-0.15, -0.1) is 19.7 Å². The molecule has 5 fully saturated rings. The number of unbranched alkanes of at least 4 members (excludes halogenated alkanes) is 1. The van der Waals surface area contributed by atoms with Gasteiger partial charge in [0.15, 0.2) is 5.78 Å². The van der Waals surface area contributed by atoms with Crippen molar-refractivity contribution in [2.45, 2.75) is 350 Å². The van der Waals surface area contributed by atoms with Crippen LogP contribution in [0.5, 0.6) is 0 Å². The summed E-state index contributed by atoms with van der Waals surface area (Å²) in [5.41, 5.74) is 6.08. The van der Waals surface area contributed by atoms with Gasteiger partial charge in [0.1, 0.15) is 84.7 Å². The molecule has 0 aromatic heterocycles. The zero-order chi connectivity index (χ0) is 108. The Labute approximate surface area is 868 Å². The number of benzene rings is 3. The molecule has 12 N–H and O–H groups in total. The van der Waals surface area contributed by atoms with Gasteiger partial charge in [0.2, 0.25) is 17.7 Å². The molecule has 0 bridgehead atoms. The van der Waals surface area contributed by atoms with E-state index >= 15 is 0 Å². The Morgan fingerprint density at radius 3 is 1.39 bits per heavy atom. The van der Waals surface area contributed by atoms with Crippen LogP contribution in [-0.4, -0.2) is 281 Å². The predicted molar refractivity (Wildman–Crippen MR) is 555 cm³/mol. The molecule has 3 aromatic carbocycles. The van der Waals surface area contributed by atoms with Gasteiger partial charge in [-0.25, -0.2) is 38.4 Å². The lowest BCUT2D eigenvalue weighted by atomic mass is 10.0. The fraction of sp³-hybridized carbons (Fsp3) is 0.648. The highest BCUT2D eigenvalue weighted by Crippen LogP contribution is 2.31. The number of nitrogens with one attached hydrogen (secondary N) is 6. The number of β-amino-alcohol motifs (C(OH)–C–C–N with tert-alkyl or cyclic N) is 1. The van der Waals surface area contributed by atoms with Gasteiger partial charge in [-0.1, -0.05) is 163 Å². The van der Waals surface area contributed by atoms with Crippen molar-refractivity contribution in [2.24, 2.45) is 23.5 Å². The van der Waals surface area contributed by atoms with Crippen molar-refractivity contribution in [3.8, 4) is 0 Å². The number of carbonyl (C=O) groups excluding carboxylic acids is 12. The van der Waals surface area contributed by atoms with Crippen LogP contribution < -0.4 is 55.4 Å². The second kappa shape index (κ2) is 67.7. The molecule has 818 valence electrons. The molecular formula is C108H176ClN13O23. The number of carbonyl (C=O) groups is 12. The minimum absolute atomic E-state index is 0. The molecule has 6 aliphatic rings. The first-order valence-electron chi connectivity index (χ1n) is 50.9. The van der Waals surface area contributed by atoms with Gasteiger partial charge >= 0.3 is 48.7 Å². The number of nitrogens with two attached hydrogens (primary N) is 2. The lowest BCUT2D eigenvalue weighted by Crippen LogP contribution is -3.00. The lowest BCUT2D eigenvalue weighted by Gasteiger charge is -2.27. The number of nitrogens with zero attached hydrogens (tertiary/aromatic N) is 5. The highest BCUT2D eigenvalue weighted by molar-refractivity contribution is 5.96. The summed E-state index contributed by atoms with van der Waals surface area (Å²) in [5, 5.41) is 38.2. The number of aliphatic hydroxyl groups excluding tert-OH is 2. The van der Waals surface area contributed by atoms with Crippen LogP contribution in [0.1, 0.15) is 258 Å². The van der Waals surface area contributed by atoms with Crippen LogP contribution in [0.4, 0.5) is 38.4 Å². The van der Waals surface area contributed by atoms with Crippen molar-refractivity contribution >= 4 is 72.3 Å². The number of fused-ring (bicyclic) bond motifs is 1. The van der Waals surface area contributed by atoms with E-state index in [1.54, 1.807) is 26.9 Å². The molecule has 0 aliphatic carbocycles. The van der Waals surface area contributed by atoms with Gasteiger partial charge in [0.25, 0.3) is 0 Å². The fourth-order valence-corrected chi connectivity index (χ4v) is 14.7. The number of quaternary nitrogens is 1. The SMILES string of the molecule is C=CCCCN(CC=C)C(=O)OC(C)(C)C.C=CCNC(=O)OC(C)(C)C.CC(C)(C)OC(=O)N1CC=CCCC1.CC(C)(C)OC(=O)N1CCCC(N)C(O)C1.CC(C)(C)OC(=O)N1CCCC2OC2C1.CC(C)C[C@H](NC(=O)OCc1ccccc1)C(=O)NC1CCCN(C(=O)[C@H](CC(C)C)NC(=O)OCc2ccccc2)CC1=O.CC(C)C[C@H](NC(=O)OCc1ccccc1)C(=O)NC1CCC[NH2+]CC1O.[Cl-]. The molecule has 0 saturated carbocycles. The smallest absolute Gasteiger partial charge is 0.410 e. The van der Waals surface area contributed by atoms with E-state index < -0.39 is 94.7 Å². The van der Waals surface area contributed by atoms with E-state index in [4.69, 9.17) is 48.4 Å². The zero-order valence-electron chi connectivity index (χ0n) is 90.3. The maximum absolute atomic E-state index is 13.5. The fourth-order valence-electron chi connectivity index (χ4n) is 14.7.